The predicted molar refractivity (Wildman–Crippen MR) is 92.9 cm³/mol. The molecule has 4 rings (SSSR count). The Hall–Kier alpha value is -2.47. The van der Waals surface area contributed by atoms with Gasteiger partial charge in [0.25, 0.3) is 0 Å². The van der Waals surface area contributed by atoms with Gasteiger partial charge >= 0.3 is 0 Å². The van der Waals surface area contributed by atoms with Gasteiger partial charge in [-0.2, -0.15) is 5.10 Å². The van der Waals surface area contributed by atoms with Crippen LogP contribution in [0.2, 0.25) is 0 Å². The van der Waals surface area contributed by atoms with Gasteiger partial charge in [0.1, 0.15) is 5.52 Å². The topological polar surface area (TPSA) is 67.1 Å². The standard InChI is InChI=1S/C18H21N5O/c1-13-8-9-17(22-21-13)23-10-4-5-14(12-23)19-11-18-20-15-6-2-3-7-16(15)24-18/h2-3,6-9,14,19H,4-5,10-12H2,1H3/t14-/m0/s1. The van der Waals surface area contributed by atoms with E-state index in [1.807, 2.05) is 43.3 Å². The van der Waals surface area contributed by atoms with Crippen LogP contribution in [0.3, 0.4) is 0 Å². The molecule has 0 unspecified atom stereocenters. The van der Waals surface area contributed by atoms with E-state index in [0.717, 1.165) is 54.4 Å². The van der Waals surface area contributed by atoms with E-state index >= 15 is 0 Å². The number of fused-ring (bicyclic) bond motifs is 1. The fraction of sp³-hybridized carbons (Fsp3) is 0.389. The summed E-state index contributed by atoms with van der Waals surface area (Å²) in [5.74, 6) is 1.69. The minimum atomic E-state index is 0.400. The van der Waals surface area contributed by atoms with Crippen molar-refractivity contribution in [3.63, 3.8) is 0 Å². The molecule has 0 spiro atoms. The normalized spacial score (nSPS) is 18.2. The van der Waals surface area contributed by atoms with Gasteiger partial charge in [-0.25, -0.2) is 4.98 Å². The number of hydrogen-bond donors (Lipinski definition) is 1. The van der Waals surface area contributed by atoms with Crippen molar-refractivity contribution in [3.05, 3.63) is 48.0 Å². The quantitative estimate of drug-likeness (QED) is 0.796. The van der Waals surface area contributed by atoms with Gasteiger partial charge in [0.2, 0.25) is 5.89 Å². The van der Waals surface area contributed by atoms with Crippen molar-refractivity contribution >= 4 is 16.9 Å². The third-order valence-electron chi connectivity index (χ3n) is 4.41. The molecule has 1 saturated heterocycles. The number of hydrogen-bond acceptors (Lipinski definition) is 6. The minimum absolute atomic E-state index is 0.400. The number of benzene rings is 1. The lowest BCUT2D eigenvalue weighted by molar-refractivity contribution is 0.393. The summed E-state index contributed by atoms with van der Waals surface area (Å²) in [4.78, 5) is 6.81. The highest BCUT2D eigenvalue weighted by Gasteiger charge is 2.21. The maximum atomic E-state index is 5.77. The molecule has 124 valence electrons. The monoisotopic (exact) mass is 323 g/mol. The molecule has 1 fully saturated rings. The average Bonchev–Trinajstić information content (AvgIpc) is 3.04. The molecule has 0 saturated carbocycles. The number of nitrogens with one attached hydrogen (secondary N) is 1. The molecular weight excluding hydrogens is 302 g/mol. The lowest BCUT2D eigenvalue weighted by Gasteiger charge is -2.33. The second-order valence-corrected chi connectivity index (χ2v) is 6.27. The molecule has 1 aliphatic rings. The summed E-state index contributed by atoms with van der Waals surface area (Å²) in [5.41, 5.74) is 2.70. The molecule has 6 heteroatoms. The number of anilines is 1. The van der Waals surface area contributed by atoms with Crippen LogP contribution in [0.15, 0.2) is 40.8 Å². The third kappa shape index (κ3) is 3.23. The summed E-state index contributed by atoms with van der Waals surface area (Å²) in [6.07, 6.45) is 2.29. The first-order valence-corrected chi connectivity index (χ1v) is 8.41. The van der Waals surface area contributed by atoms with Crippen molar-refractivity contribution in [1.82, 2.24) is 20.5 Å². The summed E-state index contributed by atoms with van der Waals surface area (Å²) in [6.45, 7) is 4.56. The van der Waals surface area contributed by atoms with Crippen molar-refractivity contribution in [3.8, 4) is 0 Å². The van der Waals surface area contributed by atoms with Gasteiger partial charge in [-0.1, -0.05) is 12.1 Å². The van der Waals surface area contributed by atoms with Crippen LogP contribution >= 0.6 is 0 Å². The second-order valence-electron chi connectivity index (χ2n) is 6.27. The zero-order valence-electron chi connectivity index (χ0n) is 13.8. The molecule has 1 aromatic carbocycles. The van der Waals surface area contributed by atoms with E-state index < -0.39 is 0 Å². The SMILES string of the molecule is Cc1ccc(N2CCC[C@H](NCc3nc4ccccc4o3)C2)nn1. The van der Waals surface area contributed by atoms with E-state index in [-0.39, 0.29) is 0 Å². The maximum Gasteiger partial charge on any atom is 0.209 e. The number of aromatic nitrogens is 3. The van der Waals surface area contributed by atoms with E-state index in [9.17, 15) is 0 Å². The van der Waals surface area contributed by atoms with Crippen LogP contribution in [0, 0.1) is 6.92 Å². The molecule has 1 N–H and O–H groups in total. The smallest absolute Gasteiger partial charge is 0.209 e. The van der Waals surface area contributed by atoms with E-state index in [0.29, 0.717) is 12.6 Å². The maximum absolute atomic E-state index is 5.77. The number of rotatable bonds is 4. The highest BCUT2D eigenvalue weighted by Crippen LogP contribution is 2.18. The van der Waals surface area contributed by atoms with E-state index in [4.69, 9.17) is 4.42 Å². The minimum Gasteiger partial charge on any atom is -0.439 e. The molecule has 0 bridgehead atoms. The Bertz CT molecular complexity index is 781. The summed E-state index contributed by atoms with van der Waals surface area (Å²) < 4.78 is 5.77. The van der Waals surface area contributed by atoms with E-state index in [1.54, 1.807) is 0 Å². The van der Waals surface area contributed by atoms with Gasteiger partial charge in [0.15, 0.2) is 11.4 Å². The molecular formula is C18H21N5O. The molecule has 0 amide bonds. The van der Waals surface area contributed by atoms with Crippen molar-refractivity contribution < 1.29 is 4.42 Å². The van der Waals surface area contributed by atoms with Crippen molar-refractivity contribution in [1.29, 1.82) is 0 Å². The van der Waals surface area contributed by atoms with E-state index in [2.05, 4.69) is 25.4 Å². The Labute approximate surface area is 140 Å². The number of nitrogens with zero attached hydrogens (tertiary/aromatic N) is 4. The molecule has 2 aromatic heterocycles. The van der Waals surface area contributed by atoms with Crippen LogP contribution < -0.4 is 10.2 Å². The first-order valence-electron chi connectivity index (χ1n) is 8.41. The lowest BCUT2D eigenvalue weighted by atomic mass is 10.1. The third-order valence-corrected chi connectivity index (χ3v) is 4.41. The van der Waals surface area contributed by atoms with Crippen LogP contribution in [-0.4, -0.2) is 34.3 Å². The fourth-order valence-corrected chi connectivity index (χ4v) is 3.14. The van der Waals surface area contributed by atoms with E-state index in [1.165, 1.54) is 0 Å². The molecule has 3 aromatic rings. The first kappa shape index (κ1) is 15.1. The summed E-state index contributed by atoms with van der Waals surface area (Å²) >= 11 is 0. The zero-order valence-corrected chi connectivity index (χ0v) is 13.8. The van der Waals surface area contributed by atoms with Gasteiger partial charge in [-0.05, 0) is 44.0 Å². The van der Waals surface area contributed by atoms with Crippen molar-refractivity contribution in [2.24, 2.45) is 0 Å². The molecule has 1 atom stereocenters. The van der Waals surface area contributed by atoms with Crippen LogP contribution in [0.25, 0.3) is 11.1 Å². The Morgan fingerprint density at radius 2 is 2.12 bits per heavy atom. The van der Waals surface area contributed by atoms with Gasteiger partial charge < -0.3 is 14.6 Å². The first-order chi connectivity index (χ1) is 11.8. The van der Waals surface area contributed by atoms with Gasteiger partial charge in [-0.3, -0.25) is 0 Å². The van der Waals surface area contributed by atoms with Crippen molar-refractivity contribution in [2.45, 2.75) is 32.4 Å². The van der Waals surface area contributed by atoms with Crippen LogP contribution in [-0.2, 0) is 6.54 Å². The Balaban J connectivity index is 1.38. The molecule has 3 heterocycles. The van der Waals surface area contributed by atoms with Gasteiger partial charge in [-0.15, -0.1) is 5.10 Å². The molecule has 6 nitrogen and oxygen atoms in total. The largest absolute Gasteiger partial charge is 0.439 e. The van der Waals surface area contributed by atoms with Gasteiger partial charge in [0.05, 0.1) is 12.2 Å². The molecule has 0 radical (unpaired) electrons. The molecule has 24 heavy (non-hydrogen) atoms. The Morgan fingerprint density at radius 3 is 2.96 bits per heavy atom. The second kappa shape index (κ2) is 6.57. The zero-order chi connectivity index (χ0) is 16.4. The summed E-state index contributed by atoms with van der Waals surface area (Å²) in [7, 11) is 0. The average molecular weight is 323 g/mol. The summed E-state index contributed by atoms with van der Waals surface area (Å²) in [6, 6.07) is 12.3. The lowest BCUT2D eigenvalue weighted by Crippen LogP contribution is -2.45. The fourth-order valence-electron chi connectivity index (χ4n) is 3.14. The molecule has 1 aliphatic heterocycles. The summed E-state index contributed by atoms with van der Waals surface area (Å²) in [5, 5.41) is 12.0. The van der Waals surface area contributed by atoms with Crippen LogP contribution in [0.5, 0.6) is 0 Å². The number of para-hydroxylation sites is 2. The molecule has 0 aliphatic carbocycles. The van der Waals surface area contributed by atoms with Crippen LogP contribution in [0.4, 0.5) is 5.82 Å². The number of oxazole rings is 1. The highest BCUT2D eigenvalue weighted by atomic mass is 16.3. The highest BCUT2D eigenvalue weighted by molar-refractivity contribution is 5.72. The van der Waals surface area contributed by atoms with Crippen LogP contribution in [0.1, 0.15) is 24.4 Å². The Kier molecular flexibility index (Phi) is 4.13. The number of aryl methyl sites for hydroxylation is 1. The predicted octanol–water partition coefficient (Wildman–Crippen LogP) is 2.68. The number of piperidine rings is 1. The van der Waals surface area contributed by atoms with Crippen molar-refractivity contribution in [2.75, 3.05) is 18.0 Å². The Morgan fingerprint density at radius 1 is 1.21 bits per heavy atom. The van der Waals surface area contributed by atoms with Gasteiger partial charge in [0, 0.05) is 19.1 Å².